The van der Waals surface area contributed by atoms with Crippen LogP contribution in [0.3, 0.4) is 0 Å². The molecule has 0 aromatic rings. The van der Waals surface area contributed by atoms with Crippen molar-refractivity contribution in [1.82, 2.24) is 5.32 Å². The molecule has 1 aliphatic rings. The lowest BCUT2D eigenvalue weighted by Gasteiger charge is -2.25. The second kappa shape index (κ2) is 5.16. The first-order chi connectivity index (χ1) is 5.86. The van der Waals surface area contributed by atoms with Gasteiger partial charge in [-0.2, -0.15) is 5.26 Å². The van der Waals surface area contributed by atoms with Crippen LogP contribution in [0.4, 0.5) is 0 Å². The molecule has 0 aromatic heterocycles. The Morgan fingerprint density at radius 1 is 1.33 bits per heavy atom. The van der Waals surface area contributed by atoms with Gasteiger partial charge in [0.15, 0.2) is 0 Å². The highest BCUT2D eigenvalue weighted by molar-refractivity contribution is 4.88. The number of hydrogen-bond donors (Lipinski definition) is 1. The minimum absolute atomic E-state index is 0.338. The summed E-state index contributed by atoms with van der Waals surface area (Å²) in [6, 6.07) is 3.04. The van der Waals surface area contributed by atoms with E-state index in [4.69, 9.17) is 5.26 Å². The van der Waals surface area contributed by atoms with E-state index in [1.807, 2.05) is 0 Å². The Bertz CT molecular complexity index is 152. The summed E-state index contributed by atoms with van der Waals surface area (Å²) in [5.74, 6) is 0.338. The van der Waals surface area contributed by atoms with Crippen molar-refractivity contribution in [2.75, 3.05) is 6.54 Å². The Labute approximate surface area is 75.0 Å². The molecule has 1 rings (SSSR count). The Kier molecular flexibility index (Phi) is 4.10. The summed E-state index contributed by atoms with van der Waals surface area (Å²) in [7, 11) is 0. The maximum atomic E-state index is 8.68. The summed E-state index contributed by atoms with van der Waals surface area (Å²) in [5, 5.41) is 12.2. The third-order valence-corrected chi connectivity index (χ3v) is 2.59. The summed E-state index contributed by atoms with van der Waals surface area (Å²) in [6.07, 6.45) is 5.78. The lowest BCUT2D eigenvalue weighted by Crippen LogP contribution is -2.33. The van der Waals surface area contributed by atoms with Crippen molar-refractivity contribution >= 4 is 0 Å². The monoisotopic (exact) mass is 166 g/mol. The summed E-state index contributed by atoms with van der Waals surface area (Å²) in [6.45, 7) is 3.32. The van der Waals surface area contributed by atoms with Crippen LogP contribution in [-0.4, -0.2) is 12.6 Å². The molecule has 2 heteroatoms. The zero-order valence-electron chi connectivity index (χ0n) is 7.84. The van der Waals surface area contributed by atoms with Gasteiger partial charge in [0.25, 0.3) is 0 Å². The molecule has 1 aliphatic carbocycles. The van der Waals surface area contributed by atoms with Gasteiger partial charge >= 0.3 is 0 Å². The molecule has 0 heterocycles. The molecule has 0 amide bonds. The van der Waals surface area contributed by atoms with Crippen molar-refractivity contribution in [3.63, 3.8) is 0 Å². The summed E-state index contributed by atoms with van der Waals surface area (Å²) >= 11 is 0. The van der Waals surface area contributed by atoms with Gasteiger partial charge in [0, 0.05) is 12.0 Å². The quantitative estimate of drug-likeness (QED) is 0.696. The van der Waals surface area contributed by atoms with Crippen LogP contribution in [0.2, 0.25) is 0 Å². The first kappa shape index (κ1) is 9.54. The van der Waals surface area contributed by atoms with Crippen LogP contribution in [0.5, 0.6) is 0 Å². The average molecular weight is 166 g/mol. The number of rotatable bonds is 3. The highest BCUT2D eigenvalue weighted by Gasteiger charge is 2.19. The van der Waals surface area contributed by atoms with Gasteiger partial charge in [-0.25, -0.2) is 0 Å². The Balaban J connectivity index is 2.14. The second-order valence-electron chi connectivity index (χ2n) is 3.63. The van der Waals surface area contributed by atoms with Crippen molar-refractivity contribution in [2.24, 2.45) is 5.92 Å². The minimum Gasteiger partial charge on any atom is -0.314 e. The van der Waals surface area contributed by atoms with Crippen LogP contribution in [0.1, 0.15) is 39.0 Å². The predicted molar refractivity (Wildman–Crippen MR) is 49.7 cm³/mol. The molecule has 0 saturated heterocycles. The van der Waals surface area contributed by atoms with E-state index in [0.717, 1.165) is 19.4 Å². The lowest BCUT2D eigenvalue weighted by atomic mass is 9.87. The molecule has 0 aromatic carbocycles. The number of nitrogens with one attached hydrogen (secondary N) is 1. The fourth-order valence-corrected chi connectivity index (χ4v) is 1.78. The second-order valence-corrected chi connectivity index (χ2v) is 3.63. The van der Waals surface area contributed by atoms with Crippen LogP contribution in [0, 0.1) is 17.2 Å². The zero-order valence-corrected chi connectivity index (χ0v) is 7.84. The van der Waals surface area contributed by atoms with Crippen LogP contribution in [-0.2, 0) is 0 Å². The molecule has 1 saturated carbocycles. The lowest BCUT2D eigenvalue weighted by molar-refractivity contribution is 0.333. The molecule has 0 aliphatic heterocycles. The van der Waals surface area contributed by atoms with Crippen LogP contribution < -0.4 is 5.32 Å². The third-order valence-electron chi connectivity index (χ3n) is 2.59. The van der Waals surface area contributed by atoms with E-state index in [-0.39, 0.29) is 0 Å². The van der Waals surface area contributed by atoms with Gasteiger partial charge in [-0.1, -0.05) is 6.92 Å². The van der Waals surface area contributed by atoms with Gasteiger partial charge in [-0.3, -0.25) is 0 Å². The maximum Gasteiger partial charge on any atom is 0.0655 e. The summed E-state index contributed by atoms with van der Waals surface area (Å²) in [4.78, 5) is 0. The Morgan fingerprint density at radius 2 is 2.00 bits per heavy atom. The van der Waals surface area contributed by atoms with Crippen LogP contribution >= 0.6 is 0 Å². The van der Waals surface area contributed by atoms with Crippen molar-refractivity contribution in [3.8, 4) is 6.07 Å². The van der Waals surface area contributed by atoms with E-state index in [1.54, 1.807) is 0 Å². The molecule has 68 valence electrons. The van der Waals surface area contributed by atoms with Gasteiger partial charge < -0.3 is 5.32 Å². The zero-order chi connectivity index (χ0) is 8.81. The standard InChI is InChI=1S/C10H18N2/c1-2-7-12-10-5-3-9(8-11)4-6-10/h9-10,12H,2-7H2,1H3. The van der Waals surface area contributed by atoms with Crippen molar-refractivity contribution in [1.29, 1.82) is 5.26 Å². The van der Waals surface area contributed by atoms with Crippen LogP contribution in [0.25, 0.3) is 0 Å². The predicted octanol–water partition coefficient (Wildman–Crippen LogP) is 2.07. The molecular weight excluding hydrogens is 148 g/mol. The Morgan fingerprint density at radius 3 is 2.50 bits per heavy atom. The highest BCUT2D eigenvalue weighted by atomic mass is 14.9. The largest absolute Gasteiger partial charge is 0.314 e. The fraction of sp³-hybridized carbons (Fsp3) is 0.900. The molecule has 2 nitrogen and oxygen atoms in total. The molecule has 1 N–H and O–H groups in total. The van der Waals surface area contributed by atoms with Crippen molar-refractivity contribution in [3.05, 3.63) is 0 Å². The number of nitrogens with zero attached hydrogens (tertiary/aromatic N) is 1. The van der Waals surface area contributed by atoms with Gasteiger partial charge in [0.2, 0.25) is 0 Å². The van der Waals surface area contributed by atoms with Gasteiger partial charge in [0.1, 0.15) is 0 Å². The molecule has 0 bridgehead atoms. The molecule has 0 radical (unpaired) electrons. The highest BCUT2D eigenvalue weighted by Crippen LogP contribution is 2.23. The smallest absolute Gasteiger partial charge is 0.0655 e. The average Bonchev–Trinajstić information content (AvgIpc) is 2.15. The number of nitriles is 1. The topological polar surface area (TPSA) is 35.8 Å². The van der Waals surface area contributed by atoms with Crippen molar-refractivity contribution in [2.45, 2.75) is 45.1 Å². The molecule has 12 heavy (non-hydrogen) atoms. The first-order valence-corrected chi connectivity index (χ1v) is 4.99. The number of hydrogen-bond acceptors (Lipinski definition) is 2. The SMILES string of the molecule is CCCNC1CCC(C#N)CC1. The van der Waals surface area contributed by atoms with Gasteiger partial charge in [0.05, 0.1) is 6.07 Å². The van der Waals surface area contributed by atoms with Gasteiger partial charge in [-0.05, 0) is 38.6 Å². The van der Waals surface area contributed by atoms with E-state index in [2.05, 4.69) is 18.3 Å². The molecular formula is C10H18N2. The van der Waals surface area contributed by atoms with E-state index in [9.17, 15) is 0 Å². The molecule has 0 atom stereocenters. The summed E-state index contributed by atoms with van der Waals surface area (Å²) < 4.78 is 0. The normalized spacial score (nSPS) is 29.7. The van der Waals surface area contributed by atoms with Crippen LogP contribution in [0.15, 0.2) is 0 Å². The van der Waals surface area contributed by atoms with E-state index in [0.29, 0.717) is 12.0 Å². The molecule has 0 spiro atoms. The Hall–Kier alpha value is -0.550. The fourth-order valence-electron chi connectivity index (χ4n) is 1.78. The van der Waals surface area contributed by atoms with E-state index >= 15 is 0 Å². The van der Waals surface area contributed by atoms with E-state index in [1.165, 1.54) is 19.3 Å². The van der Waals surface area contributed by atoms with Gasteiger partial charge in [-0.15, -0.1) is 0 Å². The minimum atomic E-state index is 0.338. The summed E-state index contributed by atoms with van der Waals surface area (Å²) in [5.41, 5.74) is 0. The first-order valence-electron chi connectivity index (χ1n) is 4.99. The van der Waals surface area contributed by atoms with E-state index < -0.39 is 0 Å². The van der Waals surface area contributed by atoms with Crippen molar-refractivity contribution < 1.29 is 0 Å². The third kappa shape index (κ3) is 2.83. The molecule has 1 fully saturated rings. The molecule has 0 unspecified atom stereocenters. The maximum absolute atomic E-state index is 8.68.